The molecular formula is C30H34BrN3O7. The summed E-state index contributed by atoms with van der Waals surface area (Å²) >= 11 is 3.59. The van der Waals surface area contributed by atoms with E-state index in [1.54, 1.807) is 31.2 Å². The molecule has 0 aromatic heterocycles. The highest BCUT2D eigenvalue weighted by Crippen LogP contribution is 2.48. The van der Waals surface area contributed by atoms with E-state index in [2.05, 4.69) is 33.2 Å². The highest BCUT2D eigenvalue weighted by Gasteiger charge is 2.48. The molecule has 3 atom stereocenters. The van der Waals surface area contributed by atoms with Gasteiger partial charge >= 0.3 is 6.09 Å². The molecule has 2 aromatic carbocycles. The molecule has 0 spiro atoms. The molecule has 0 saturated heterocycles. The summed E-state index contributed by atoms with van der Waals surface area (Å²) in [7, 11) is 1.29. The van der Waals surface area contributed by atoms with Crippen LogP contribution in [-0.4, -0.2) is 36.2 Å². The number of benzene rings is 2. The molecule has 2 aromatic rings. The Kier molecular flexibility index (Phi) is 9.80. The first-order valence-corrected chi connectivity index (χ1v) is 14.4. The number of carbonyl (C=O) groups excluding carboxylic acids is 2. The van der Waals surface area contributed by atoms with Crippen LogP contribution in [-0.2, 0) is 16.1 Å². The maximum Gasteiger partial charge on any atom is 0.411 e. The van der Waals surface area contributed by atoms with Gasteiger partial charge in [-0.1, -0.05) is 31.5 Å². The van der Waals surface area contributed by atoms with E-state index in [0.717, 1.165) is 18.6 Å². The third kappa shape index (κ3) is 6.61. The molecule has 2 aliphatic rings. The zero-order valence-electron chi connectivity index (χ0n) is 23.6. The summed E-state index contributed by atoms with van der Waals surface area (Å²) < 4.78 is 17.3. The Hall–Kier alpha value is -3.73. The van der Waals surface area contributed by atoms with Crippen LogP contribution in [0.4, 0.5) is 10.5 Å². The van der Waals surface area contributed by atoms with Crippen LogP contribution in [0.1, 0.15) is 63.5 Å². The normalized spacial score (nSPS) is 20.2. The fourth-order valence-corrected chi connectivity index (χ4v) is 6.27. The minimum absolute atomic E-state index is 0.0191. The average Bonchev–Trinajstić information content (AvgIpc) is 2.92. The van der Waals surface area contributed by atoms with Gasteiger partial charge in [0.15, 0.2) is 11.5 Å². The van der Waals surface area contributed by atoms with Gasteiger partial charge in [-0.2, -0.15) is 0 Å². The Bertz CT molecular complexity index is 1400. The number of halogens is 1. The quantitative estimate of drug-likeness (QED) is 0.221. The van der Waals surface area contributed by atoms with Gasteiger partial charge in [0, 0.05) is 17.7 Å². The van der Waals surface area contributed by atoms with Gasteiger partial charge in [-0.3, -0.25) is 25.2 Å². The number of nitrogens with one attached hydrogen (secondary N) is 1. The number of Topliss-reactive ketones (excluding diaryl/α,β-unsaturated/α-hetero) is 1. The molecule has 218 valence electrons. The Morgan fingerprint density at radius 2 is 1.93 bits per heavy atom. The summed E-state index contributed by atoms with van der Waals surface area (Å²) in [6, 6.07) is 10.6. The summed E-state index contributed by atoms with van der Waals surface area (Å²) in [5.41, 5.74) is 2.77. The number of aliphatic imine (C=N–C) groups is 1. The lowest BCUT2D eigenvalue weighted by Gasteiger charge is -2.36. The number of ketones is 1. The van der Waals surface area contributed by atoms with Crippen molar-refractivity contribution in [2.45, 2.75) is 59.0 Å². The van der Waals surface area contributed by atoms with Crippen molar-refractivity contribution < 1.29 is 28.7 Å². The number of carbonyl (C=O) groups is 2. The van der Waals surface area contributed by atoms with E-state index in [1.165, 1.54) is 7.11 Å². The third-order valence-corrected chi connectivity index (χ3v) is 7.99. The van der Waals surface area contributed by atoms with Crippen molar-refractivity contribution >= 4 is 39.2 Å². The summed E-state index contributed by atoms with van der Waals surface area (Å²) in [6.45, 7) is 5.97. The maximum atomic E-state index is 13.5. The Balaban J connectivity index is 1.72. The second-order valence-corrected chi connectivity index (χ2v) is 11.0. The van der Waals surface area contributed by atoms with Gasteiger partial charge in [-0.25, -0.2) is 4.79 Å². The Labute approximate surface area is 247 Å². The molecule has 0 radical (unpaired) electrons. The molecular weight excluding hydrogens is 594 g/mol. The lowest BCUT2D eigenvalue weighted by molar-refractivity contribution is -0.432. The molecule has 1 aliphatic carbocycles. The molecule has 1 aliphatic heterocycles. The van der Waals surface area contributed by atoms with Crippen molar-refractivity contribution in [3.05, 3.63) is 73.5 Å². The number of nitrogens with zero attached hydrogens (tertiary/aromatic N) is 2. The van der Waals surface area contributed by atoms with E-state index >= 15 is 0 Å². The number of para-hydroxylation sites is 1. The van der Waals surface area contributed by atoms with Gasteiger partial charge in [0.05, 0.1) is 40.6 Å². The van der Waals surface area contributed by atoms with Crippen LogP contribution in [0.25, 0.3) is 0 Å². The summed E-state index contributed by atoms with van der Waals surface area (Å²) in [4.78, 5) is 41.7. The van der Waals surface area contributed by atoms with Gasteiger partial charge in [-0.15, -0.1) is 0 Å². The predicted octanol–water partition coefficient (Wildman–Crippen LogP) is 7.05. The van der Waals surface area contributed by atoms with Crippen molar-refractivity contribution in [3.8, 4) is 11.5 Å². The van der Waals surface area contributed by atoms with Gasteiger partial charge in [0.25, 0.3) is 5.70 Å². The van der Waals surface area contributed by atoms with Gasteiger partial charge < -0.3 is 14.2 Å². The van der Waals surface area contributed by atoms with E-state index in [1.807, 2.05) is 19.1 Å². The standard InChI is InChI=1S/C30H34BrN3O7/c1-5-9-18-12-23-27(24(35)13-18)26(28(34(37)38)17(3)32-23)20-14-21(31)29(25(15-20)40-6-2)41-16-19-10-7-8-11-22(19)33-30(36)39-4/h7-8,10-11,14-15,18,26-27H,5-6,9,12-13,16H2,1-4H3,(H,33,36). The molecule has 1 saturated carbocycles. The largest absolute Gasteiger partial charge is 0.490 e. The van der Waals surface area contributed by atoms with Crippen LogP contribution in [0.15, 0.2) is 57.3 Å². The zero-order chi connectivity index (χ0) is 29.7. The summed E-state index contributed by atoms with van der Waals surface area (Å²) in [5, 5.41) is 15.0. The SMILES string of the molecule is CCCC1CC(=O)C2C(=NC(C)=C([N+](=O)[O-])C2c2cc(Br)c(OCc3ccccc3NC(=O)OC)c(OCC)c2)C1. The predicted molar refractivity (Wildman–Crippen MR) is 158 cm³/mol. The minimum atomic E-state index is -0.804. The fourth-order valence-electron chi connectivity index (χ4n) is 5.70. The third-order valence-electron chi connectivity index (χ3n) is 7.40. The first-order chi connectivity index (χ1) is 19.7. The second kappa shape index (κ2) is 13.3. The van der Waals surface area contributed by atoms with Crippen molar-refractivity contribution in [2.24, 2.45) is 16.8 Å². The number of anilines is 1. The highest BCUT2D eigenvalue weighted by atomic mass is 79.9. The molecule has 1 amide bonds. The van der Waals surface area contributed by atoms with Crippen LogP contribution < -0.4 is 14.8 Å². The number of amides is 1. The van der Waals surface area contributed by atoms with E-state index in [4.69, 9.17) is 14.2 Å². The second-order valence-electron chi connectivity index (χ2n) is 10.1. The molecule has 1 fully saturated rings. The number of fused-ring (bicyclic) bond motifs is 1. The van der Waals surface area contributed by atoms with E-state index in [-0.39, 0.29) is 24.0 Å². The van der Waals surface area contributed by atoms with Crippen LogP contribution in [0, 0.1) is 22.0 Å². The molecule has 3 unspecified atom stereocenters. The highest BCUT2D eigenvalue weighted by molar-refractivity contribution is 9.10. The number of allylic oxidation sites excluding steroid dienone is 2. The van der Waals surface area contributed by atoms with Crippen LogP contribution in [0.2, 0.25) is 0 Å². The van der Waals surface area contributed by atoms with Crippen molar-refractivity contribution in [2.75, 3.05) is 19.0 Å². The van der Waals surface area contributed by atoms with Gasteiger partial charge in [-0.05, 0) is 72.3 Å². The first kappa shape index (κ1) is 30.2. The van der Waals surface area contributed by atoms with Crippen molar-refractivity contribution in [1.82, 2.24) is 0 Å². The number of hydrogen-bond donors (Lipinski definition) is 1. The molecule has 1 heterocycles. The monoisotopic (exact) mass is 627 g/mol. The summed E-state index contributed by atoms with van der Waals surface area (Å²) in [6.07, 6.45) is 2.32. The lowest BCUT2D eigenvalue weighted by Crippen LogP contribution is -2.41. The van der Waals surface area contributed by atoms with Crippen molar-refractivity contribution in [1.29, 1.82) is 0 Å². The zero-order valence-corrected chi connectivity index (χ0v) is 25.2. The Morgan fingerprint density at radius 1 is 1.17 bits per heavy atom. The van der Waals surface area contributed by atoms with E-state index in [0.29, 0.717) is 57.9 Å². The van der Waals surface area contributed by atoms with Gasteiger partial charge in [0.1, 0.15) is 18.1 Å². The van der Waals surface area contributed by atoms with E-state index in [9.17, 15) is 19.7 Å². The lowest BCUT2D eigenvalue weighted by atomic mass is 9.68. The molecule has 10 nitrogen and oxygen atoms in total. The van der Waals surface area contributed by atoms with E-state index < -0.39 is 22.9 Å². The van der Waals surface area contributed by atoms with Crippen LogP contribution >= 0.6 is 15.9 Å². The summed E-state index contributed by atoms with van der Waals surface area (Å²) in [5.74, 6) is -0.541. The van der Waals surface area contributed by atoms with Gasteiger partial charge in [0.2, 0.25) is 0 Å². The number of hydrogen-bond acceptors (Lipinski definition) is 8. The topological polar surface area (TPSA) is 129 Å². The number of nitro groups is 1. The molecule has 4 rings (SSSR count). The Morgan fingerprint density at radius 3 is 2.61 bits per heavy atom. The van der Waals surface area contributed by atoms with Crippen molar-refractivity contribution in [3.63, 3.8) is 0 Å². The molecule has 0 bridgehead atoms. The number of methoxy groups -OCH3 is 1. The first-order valence-electron chi connectivity index (χ1n) is 13.7. The van der Waals surface area contributed by atoms with Crippen LogP contribution in [0.3, 0.4) is 0 Å². The average molecular weight is 629 g/mol. The molecule has 41 heavy (non-hydrogen) atoms. The smallest absolute Gasteiger partial charge is 0.411 e. The molecule has 11 heteroatoms. The van der Waals surface area contributed by atoms with Crippen LogP contribution in [0.5, 0.6) is 11.5 Å². The number of rotatable bonds is 10. The fraction of sp³-hybridized carbons (Fsp3) is 0.433. The number of ether oxygens (including phenoxy) is 3. The maximum absolute atomic E-state index is 13.5. The molecule has 1 N–H and O–H groups in total. The minimum Gasteiger partial charge on any atom is -0.490 e.